The number of hydrogen-bond acceptors (Lipinski definition) is 6. The molecule has 0 amide bonds. The molecule has 0 saturated carbocycles. The van der Waals surface area contributed by atoms with Gasteiger partial charge in [0.1, 0.15) is 18.1 Å². The van der Waals surface area contributed by atoms with Gasteiger partial charge in [-0.05, 0) is 13.8 Å². The Balaban J connectivity index is 2.04. The van der Waals surface area contributed by atoms with Crippen LogP contribution in [-0.2, 0) is 4.74 Å². The Kier molecular flexibility index (Phi) is 5.85. The van der Waals surface area contributed by atoms with E-state index in [1.165, 1.54) is 6.33 Å². The van der Waals surface area contributed by atoms with Crippen LogP contribution in [0.15, 0.2) is 12.7 Å². The summed E-state index contributed by atoms with van der Waals surface area (Å²) < 4.78 is 9.03. The third kappa shape index (κ3) is 3.73. The molecule has 0 aromatic carbocycles. The number of aromatic nitrogens is 4. The van der Waals surface area contributed by atoms with Gasteiger partial charge in [0.2, 0.25) is 0 Å². The molecule has 2 heterocycles. The first-order valence-electron chi connectivity index (χ1n) is 6.35. The molecule has 0 aliphatic rings. The lowest BCUT2D eigenvalue weighted by Gasteiger charge is -2.20. The number of anilines is 1. The average Bonchev–Trinajstić information content (AvgIpc) is 2.84. The van der Waals surface area contributed by atoms with Crippen LogP contribution >= 0.6 is 34.4 Å². The molecule has 20 heavy (non-hydrogen) atoms. The van der Waals surface area contributed by atoms with Crippen LogP contribution in [0, 0.1) is 0 Å². The van der Waals surface area contributed by atoms with Gasteiger partial charge >= 0.3 is 0 Å². The van der Waals surface area contributed by atoms with Gasteiger partial charge in [-0.15, -0.1) is 0 Å². The van der Waals surface area contributed by atoms with Gasteiger partial charge < -0.3 is 10.5 Å². The SMILES string of the molecule is C[C@@H](CSCCI)O[C@H](C)n1cnc2c(N)ncnc21. The number of fused-ring (bicyclic) bond motifs is 1. The van der Waals surface area contributed by atoms with Gasteiger partial charge in [-0.2, -0.15) is 11.8 Å². The van der Waals surface area contributed by atoms with Gasteiger partial charge in [-0.25, -0.2) is 15.0 Å². The van der Waals surface area contributed by atoms with Gasteiger partial charge in [-0.3, -0.25) is 4.57 Å². The van der Waals surface area contributed by atoms with Crippen molar-refractivity contribution in [1.82, 2.24) is 19.5 Å². The van der Waals surface area contributed by atoms with Crippen molar-refractivity contribution in [3.8, 4) is 0 Å². The fourth-order valence-corrected chi connectivity index (χ4v) is 3.50. The number of nitrogens with zero attached hydrogens (tertiary/aromatic N) is 4. The van der Waals surface area contributed by atoms with E-state index in [0.717, 1.165) is 15.9 Å². The summed E-state index contributed by atoms with van der Waals surface area (Å²) in [6.07, 6.45) is 3.19. The lowest BCUT2D eigenvalue weighted by atomic mass is 10.4. The first kappa shape index (κ1) is 15.8. The second kappa shape index (κ2) is 7.41. The number of hydrogen-bond donors (Lipinski definition) is 1. The van der Waals surface area contributed by atoms with Crippen molar-refractivity contribution in [3.05, 3.63) is 12.7 Å². The second-order valence-electron chi connectivity index (χ2n) is 4.39. The van der Waals surface area contributed by atoms with Gasteiger partial charge in [0.05, 0.1) is 12.4 Å². The largest absolute Gasteiger partial charge is 0.382 e. The topological polar surface area (TPSA) is 78.9 Å². The maximum atomic E-state index is 5.99. The van der Waals surface area contributed by atoms with Crippen LogP contribution in [0.2, 0.25) is 0 Å². The van der Waals surface area contributed by atoms with Crippen molar-refractivity contribution in [2.24, 2.45) is 0 Å². The van der Waals surface area contributed by atoms with Crippen LogP contribution in [0.25, 0.3) is 11.2 Å². The van der Waals surface area contributed by atoms with Gasteiger partial charge in [0.25, 0.3) is 0 Å². The normalized spacial score (nSPS) is 14.6. The molecule has 2 N–H and O–H groups in total. The molecule has 110 valence electrons. The zero-order valence-corrected chi connectivity index (χ0v) is 14.5. The highest BCUT2D eigenvalue weighted by atomic mass is 127. The smallest absolute Gasteiger partial charge is 0.167 e. The molecule has 0 aliphatic carbocycles. The van der Waals surface area contributed by atoms with E-state index in [1.54, 1.807) is 6.33 Å². The van der Waals surface area contributed by atoms with Crippen molar-refractivity contribution in [2.75, 3.05) is 21.7 Å². The standard InChI is InChI=1S/C12H18IN5OS/c1-8(5-20-4-3-13)19-9(2)18-7-17-10-11(14)15-6-16-12(10)18/h6-9H,3-5H2,1-2H3,(H2,14,15,16)/t8-,9+/m0/s1. The summed E-state index contributed by atoms with van der Waals surface area (Å²) in [5.74, 6) is 2.53. The summed E-state index contributed by atoms with van der Waals surface area (Å²) >= 11 is 4.28. The van der Waals surface area contributed by atoms with Crippen molar-refractivity contribution < 1.29 is 4.74 Å². The van der Waals surface area contributed by atoms with E-state index in [-0.39, 0.29) is 12.3 Å². The van der Waals surface area contributed by atoms with E-state index in [9.17, 15) is 0 Å². The Hall–Kier alpha value is -0.610. The Bertz CT molecular complexity index is 564. The fraction of sp³-hybridized carbons (Fsp3) is 0.583. The molecule has 0 unspecified atom stereocenters. The van der Waals surface area contributed by atoms with E-state index >= 15 is 0 Å². The number of thioether (sulfide) groups is 1. The van der Waals surface area contributed by atoms with Crippen molar-refractivity contribution in [3.63, 3.8) is 0 Å². The molecule has 0 fully saturated rings. The summed E-state index contributed by atoms with van der Waals surface area (Å²) in [6, 6.07) is 0. The first-order chi connectivity index (χ1) is 9.63. The van der Waals surface area contributed by atoms with Gasteiger partial charge in [0, 0.05) is 15.9 Å². The van der Waals surface area contributed by atoms with Crippen LogP contribution in [0.3, 0.4) is 0 Å². The number of nitrogens with two attached hydrogens (primary N) is 1. The Morgan fingerprint density at radius 2 is 2.20 bits per heavy atom. The summed E-state index contributed by atoms with van der Waals surface area (Å²) in [5, 5.41) is 0. The van der Waals surface area contributed by atoms with Crippen molar-refractivity contribution in [2.45, 2.75) is 26.2 Å². The Morgan fingerprint density at radius 3 is 2.95 bits per heavy atom. The molecule has 0 bridgehead atoms. The predicted molar refractivity (Wildman–Crippen MR) is 91.2 cm³/mol. The monoisotopic (exact) mass is 407 g/mol. The summed E-state index contributed by atoms with van der Waals surface area (Å²) in [4.78, 5) is 12.4. The summed E-state index contributed by atoms with van der Waals surface area (Å²) in [5.41, 5.74) is 7.11. The zero-order valence-electron chi connectivity index (χ0n) is 11.5. The van der Waals surface area contributed by atoms with E-state index < -0.39 is 0 Å². The average molecular weight is 407 g/mol. The number of nitrogen functional groups attached to an aromatic ring is 1. The van der Waals surface area contributed by atoms with E-state index in [0.29, 0.717) is 17.0 Å². The highest BCUT2D eigenvalue weighted by Gasteiger charge is 2.15. The van der Waals surface area contributed by atoms with Crippen LogP contribution in [0.1, 0.15) is 20.1 Å². The minimum Gasteiger partial charge on any atom is -0.382 e. The van der Waals surface area contributed by atoms with Crippen molar-refractivity contribution in [1.29, 1.82) is 0 Å². The number of alkyl halides is 1. The molecule has 0 spiro atoms. The molecule has 8 heteroatoms. The Labute approximate surface area is 136 Å². The summed E-state index contributed by atoms with van der Waals surface area (Å²) in [7, 11) is 0. The van der Waals surface area contributed by atoms with E-state index in [4.69, 9.17) is 10.5 Å². The minimum absolute atomic E-state index is 0.135. The third-order valence-electron chi connectivity index (χ3n) is 2.78. The van der Waals surface area contributed by atoms with Gasteiger partial charge in [-0.1, -0.05) is 22.6 Å². The number of ether oxygens (including phenoxy) is 1. The third-order valence-corrected chi connectivity index (χ3v) is 5.25. The highest BCUT2D eigenvalue weighted by Crippen LogP contribution is 2.21. The van der Waals surface area contributed by atoms with Crippen LogP contribution in [-0.4, -0.2) is 41.6 Å². The first-order valence-corrected chi connectivity index (χ1v) is 9.03. The Morgan fingerprint density at radius 1 is 1.40 bits per heavy atom. The maximum Gasteiger partial charge on any atom is 0.167 e. The lowest BCUT2D eigenvalue weighted by Crippen LogP contribution is -2.18. The van der Waals surface area contributed by atoms with E-state index in [2.05, 4.69) is 44.5 Å². The maximum absolute atomic E-state index is 5.99. The minimum atomic E-state index is -0.135. The number of halogens is 1. The zero-order chi connectivity index (χ0) is 14.5. The number of rotatable bonds is 7. The molecule has 2 atom stereocenters. The van der Waals surface area contributed by atoms with Crippen LogP contribution < -0.4 is 5.73 Å². The summed E-state index contributed by atoms with van der Waals surface area (Å²) in [6.45, 7) is 4.07. The lowest BCUT2D eigenvalue weighted by molar-refractivity contribution is -0.0206. The molecule has 2 rings (SSSR count). The quantitative estimate of drug-likeness (QED) is 0.432. The highest BCUT2D eigenvalue weighted by molar-refractivity contribution is 14.1. The van der Waals surface area contributed by atoms with Crippen molar-refractivity contribution >= 4 is 51.3 Å². The molecule has 0 saturated heterocycles. The fourth-order valence-electron chi connectivity index (χ4n) is 1.88. The van der Waals surface area contributed by atoms with E-state index in [1.807, 2.05) is 23.3 Å². The molecular formula is C12H18IN5OS. The molecule has 2 aromatic rings. The molecule has 0 radical (unpaired) electrons. The number of imidazole rings is 1. The van der Waals surface area contributed by atoms with Crippen LogP contribution in [0.4, 0.5) is 5.82 Å². The molecular weight excluding hydrogens is 389 g/mol. The molecule has 6 nitrogen and oxygen atoms in total. The molecule has 2 aromatic heterocycles. The predicted octanol–water partition coefficient (Wildman–Crippen LogP) is 2.50. The van der Waals surface area contributed by atoms with Crippen LogP contribution in [0.5, 0.6) is 0 Å². The second-order valence-corrected chi connectivity index (χ2v) is 6.62. The molecule has 0 aliphatic heterocycles. The van der Waals surface area contributed by atoms with Gasteiger partial charge in [0.15, 0.2) is 11.5 Å².